The summed E-state index contributed by atoms with van der Waals surface area (Å²) in [6.45, 7) is 0.0185. The van der Waals surface area contributed by atoms with Crippen LogP contribution in [0.1, 0.15) is 6.42 Å². The maximum atomic E-state index is 13.5. The normalized spacial score (nSPS) is 11.1. The number of halogens is 2. The van der Waals surface area contributed by atoms with Gasteiger partial charge in [0.05, 0.1) is 5.69 Å². The topological polar surface area (TPSA) is 72.2 Å². The maximum absolute atomic E-state index is 13.5. The SMILES string of the molecule is C#CCCNS(=O)(=O)c1cc(Cl)cc(N)c1F. The van der Waals surface area contributed by atoms with E-state index in [1.54, 1.807) is 0 Å². The van der Waals surface area contributed by atoms with Gasteiger partial charge in [-0.25, -0.2) is 17.5 Å². The summed E-state index contributed by atoms with van der Waals surface area (Å²) in [5.74, 6) is 1.23. The zero-order valence-corrected chi connectivity index (χ0v) is 10.3. The van der Waals surface area contributed by atoms with Gasteiger partial charge in [-0.1, -0.05) is 11.6 Å². The van der Waals surface area contributed by atoms with Crippen molar-refractivity contribution in [2.45, 2.75) is 11.3 Å². The Kier molecular flexibility index (Phi) is 4.34. The Morgan fingerprint density at radius 3 is 2.76 bits per heavy atom. The van der Waals surface area contributed by atoms with Gasteiger partial charge in [-0.05, 0) is 12.1 Å². The lowest BCUT2D eigenvalue weighted by Crippen LogP contribution is -2.25. The van der Waals surface area contributed by atoms with Crippen LogP contribution in [0.25, 0.3) is 0 Å². The number of hydrogen-bond donors (Lipinski definition) is 2. The fraction of sp³-hybridized carbons (Fsp3) is 0.200. The highest BCUT2D eigenvalue weighted by Crippen LogP contribution is 2.24. The predicted octanol–water partition coefficient (Wildman–Crippen LogP) is 1.36. The summed E-state index contributed by atoms with van der Waals surface area (Å²) in [5, 5.41) is 0.0428. The molecule has 4 nitrogen and oxygen atoms in total. The first-order chi connectivity index (χ1) is 7.88. The summed E-state index contributed by atoms with van der Waals surface area (Å²) < 4.78 is 39.1. The number of anilines is 1. The molecule has 0 heterocycles. The van der Waals surface area contributed by atoms with Crippen molar-refractivity contribution < 1.29 is 12.8 Å². The van der Waals surface area contributed by atoms with Crippen LogP contribution < -0.4 is 10.5 Å². The molecule has 0 aliphatic heterocycles. The number of nitrogens with one attached hydrogen (secondary N) is 1. The van der Waals surface area contributed by atoms with Crippen molar-refractivity contribution in [3.8, 4) is 12.3 Å². The standard InChI is InChI=1S/C10H10ClFN2O2S/c1-2-3-4-14-17(15,16)9-6-7(11)5-8(13)10(9)12/h1,5-6,14H,3-4,13H2. The number of rotatable bonds is 4. The molecule has 0 spiro atoms. The lowest BCUT2D eigenvalue weighted by molar-refractivity contribution is 0.559. The average molecular weight is 277 g/mol. The van der Waals surface area contributed by atoms with Gasteiger partial charge in [0.25, 0.3) is 0 Å². The van der Waals surface area contributed by atoms with Crippen LogP contribution in [0.3, 0.4) is 0 Å². The summed E-state index contributed by atoms with van der Waals surface area (Å²) in [6, 6.07) is 2.13. The van der Waals surface area contributed by atoms with E-state index in [-0.39, 0.29) is 23.7 Å². The second kappa shape index (κ2) is 5.36. The van der Waals surface area contributed by atoms with Crippen LogP contribution in [0.4, 0.5) is 10.1 Å². The van der Waals surface area contributed by atoms with Crippen molar-refractivity contribution >= 4 is 27.3 Å². The third kappa shape index (κ3) is 3.33. The van der Waals surface area contributed by atoms with E-state index >= 15 is 0 Å². The number of nitrogen functional groups attached to an aromatic ring is 1. The number of sulfonamides is 1. The molecular formula is C10H10ClFN2O2S. The van der Waals surface area contributed by atoms with Crippen LogP contribution in [0.5, 0.6) is 0 Å². The van der Waals surface area contributed by atoms with Gasteiger partial charge in [0.15, 0.2) is 5.82 Å². The summed E-state index contributed by atoms with van der Waals surface area (Å²) in [5.41, 5.74) is 4.96. The van der Waals surface area contributed by atoms with Crippen molar-refractivity contribution in [2.24, 2.45) is 0 Å². The molecule has 0 aliphatic rings. The maximum Gasteiger partial charge on any atom is 0.243 e. The molecule has 0 bridgehead atoms. The number of hydrogen-bond acceptors (Lipinski definition) is 3. The molecule has 0 saturated carbocycles. The largest absolute Gasteiger partial charge is 0.396 e. The second-order valence-electron chi connectivity index (χ2n) is 3.16. The minimum atomic E-state index is -3.99. The molecule has 1 aromatic rings. The van der Waals surface area contributed by atoms with Crippen LogP contribution in [-0.4, -0.2) is 15.0 Å². The second-order valence-corrected chi connectivity index (χ2v) is 5.33. The zero-order valence-electron chi connectivity index (χ0n) is 8.70. The fourth-order valence-electron chi connectivity index (χ4n) is 1.12. The van der Waals surface area contributed by atoms with E-state index in [1.807, 2.05) is 0 Å². The molecule has 0 amide bonds. The first-order valence-corrected chi connectivity index (χ1v) is 6.42. The van der Waals surface area contributed by atoms with Crippen molar-refractivity contribution in [1.82, 2.24) is 4.72 Å². The Bertz CT molecular complexity index is 566. The summed E-state index contributed by atoms with van der Waals surface area (Å²) in [4.78, 5) is -0.584. The smallest absolute Gasteiger partial charge is 0.243 e. The van der Waals surface area contributed by atoms with E-state index in [2.05, 4.69) is 10.6 Å². The number of nitrogens with two attached hydrogens (primary N) is 1. The van der Waals surface area contributed by atoms with Crippen molar-refractivity contribution in [2.75, 3.05) is 12.3 Å². The molecule has 1 aromatic carbocycles. The molecule has 7 heteroatoms. The number of benzene rings is 1. The summed E-state index contributed by atoms with van der Waals surface area (Å²) in [6.07, 6.45) is 5.18. The molecule has 0 unspecified atom stereocenters. The first-order valence-electron chi connectivity index (χ1n) is 4.56. The van der Waals surface area contributed by atoms with Gasteiger partial charge in [-0.3, -0.25) is 0 Å². The summed E-state index contributed by atoms with van der Waals surface area (Å²) in [7, 11) is -3.99. The molecule has 0 atom stereocenters. The highest BCUT2D eigenvalue weighted by Gasteiger charge is 2.21. The van der Waals surface area contributed by atoms with Gasteiger partial charge in [-0.2, -0.15) is 0 Å². The predicted molar refractivity (Wildman–Crippen MR) is 64.5 cm³/mol. The van der Waals surface area contributed by atoms with Crippen LogP contribution in [0, 0.1) is 18.2 Å². The van der Waals surface area contributed by atoms with E-state index in [0.717, 1.165) is 12.1 Å². The quantitative estimate of drug-likeness (QED) is 0.495. The van der Waals surface area contributed by atoms with E-state index in [0.29, 0.717) is 0 Å². The van der Waals surface area contributed by atoms with E-state index in [9.17, 15) is 12.8 Å². The molecule has 17 heavy (non-hydrogen) atoms. The lowest BCUT2D eigenvalue weighted by Gasteiger charge is -2.08. The Labute approximate surface area is 104 Å². The lowest BCUT2D eigenvalue weighted by atomic mass is 10.3. The minimum Gasteiger partial charge on any atom is -0.396 e. The van der Waals surface area contributed by atoms with Crippen molar-refractivity contribution in [1.29, 1.82) is 0 Å². The monoisotopic (exact) mass is 276 g/mol. The van der Waals surface area contributed by atoms with Gasteiger partial charge in [-0.15, -0.1) is 12.3 Å². The Morgan fingerprint density at radius 1 is 1.53 bits per heavy atom. The van der Waals surface area contributed by atoms with Crippen LogP contribution >= 0.6 is 11.6 Å². The highest BCUT2D eigenvalue weighted by molar-refractivity contribution is 7.89. The van der Waals surface area contributed by atoms with Crippen molar-refractivity contribution in [3.05, 3.63) is 23.0 Å². The molecular weight excluding hydrogens is 267 g/mol. The third-order valence-electron chi connectivity index (χ3n) is 1.88. The molecule has 0 aliphatic carbocycles. The van der Waals surface area contributed by atoms with Gasteiger partial charge >= 0.3 is 0 Å². The van der Waals surface area contributed by atoms with Crippen LogP contribution in [0.2, 0.25) is 5.02 Å². The van der Waals surface area contributed by atoms with E-state index in [4.69, 9.17) is 23.8 Å². The summed E-state index contributed by atoms with van der Waals surface area (Å²) >= 11 is 5.62. The molecule has 3 N–H and O–H groups in total. The van der Waals surface area contributed by atoms with Gasteiger partial charge < -0.3 is 5.73 Å². The van der Waals surface area contributed by atoms with Crippen LogP contribution in [0.15, 0.2) is 17.0 Å². The van der Waals surface area contributed by atoms with Crippen LogP contribution in [-0.2, 0) is 10.0 Å². The Balaban J connectivity index is 3.12. The zero-order chi connectivity index (χ0) is 13.1. The van der Waals surface area contributed by atoms with E-state index in [1.165, 1.54) is 0 Å². The highest BCUT2D eigenvalue weighted by atomic mass is 35.5. The average Bonchev–Trinajstić information content (AvgIpc) is 2.23. The number of terminal acetylenes is 1. The minimum absolute atomic E-state index is 0.0185. The first kappa shape index (κ1) is 13.8. The molecule has 0 aromatic heterocycles. The van der Waals surface area contributed by atoms with Gasteiger partial charge in [0, 0.05) is 18.0 Å². The third-order valence-corrected chi connectivity index (χ3v) is 3.56. The van der Waals surface area contributed by atoms with Crippen molar-refractivity contribution in [3.63, 3.8) is 0 Å². The molecule has 92 valence electrons. The fourth-order valence-corrected chi connectivity index (χ4v) is 2.57. The van der Waals surface area contributed by atoms with E-state index < -0.39 is 20.7 Å². The Hall–Kier alpha value is -1.29. The Morgan fingerprint density at radius 2 is 2.18 bits per heavy atom. The van der Waals surface area contributed by atoms with Gasteiger partial charge in [0.1, 0.15) is 4.90 Å². The molecule has 1 rings (SSSR count). The molecule has 0 radical (unpaired) electrons. The van der Waals surface area contributed by atoms with Gasteiger partial charge in [0.2, 0.25) is 10.0 Å². The molecule has 0 saturated heterocycles. The molecule has 0 fully saturated rings.